The number of halogens is 1. The number of hydrogen-bond acceptors (Lipinski definition) is 2. The predicted octanol–water partition coefficient (Wildman–Crippen LogP) is 4.76. The number of amides is 1. The SMILES string of the molecule is O=C(c1sc2ccccc2c1Cl)N1CCc2ccccc21. The summed E-state index contributed by atoms with van der Waals surface area (Å²) in [6.07, 6.45) is 0.907. The van der Waals surface area contributed by atoms with Crippen molar-refractivity contribution in [1.29, 1.82) is 0 Å². The standard InChI is InChI=1S/C17H12ClNOS/c18-15-12-6-2-4-8-14(12)21-16(15)17(20)19-10-9-11-5-1-3-7-13(11)19/h1-8H,9-10H2. The van der Waals surface area contributed by atoms with Crippen molar-refractivity contribution in [2.75, 3.05) is 11.4 Å². The number of hydrogen-bond donors (Lipinski definition) is 0. The van der Waals surface area contributed by atoms with E-state index in [0.29, 0.717) is 9.90 Å². The van der Waals surface area contributed by atoms with Crippen LogP contribution in [-0.2, 0) is 6.42 Å². The quantitative estimate of drug-likeness (QED) is 0.634. The van der Waals surface area contributed by atoms with Crippen LogP contribution in [0.5, 0.6) is 0 Å². The zero-order valence-electron chi connectivity index (χ0n) is 11.2. The normalized spacial score (nSPS) is 13.7. The van der Waals surface area contributed by atoms with E-state index in [1.165, 1.54) is 16.9 Å². The number of rotatable bonds is 1. The van der Waals surface area contributed by atoms with Crippen molar-refractivity contribution in [3.63, 3.8) is 0 Å². The van der Waals surface area contributed by atoms with Gasteiger partial charge >= 0.3 is 0 Å². The number of carbonyl (C=O) groups is 1. The molecule has 1 aliphatic heterocycles. The minimum Gasteiger partial charge on any atom is -0.307 e. The van der Waals surface area contributed by atoms with Crippen LogP contribution in [0.4, 0.5) is 5.69 Å². The number of para-hydroxylation sites is 1. The average Bonchev–Trinajstić information content (AvgIpc) is 3.09. The van der Waals surface area contributed by atoms with E-state index in [0.717, 1.165) is 28.7 Å². The van der Waals surface area contributed by atoms with E-state index < -0.39 is 0 Å². The zero-order chi connectivity index (χ0) is 14.4. The third-order valence-corrected chi connectivity index (χ3v) is 5.52. The van der Waals surface area contributed by atoms with Crippen LogP contribution < -0.4 is 4.90 Å². The van der Waals surface area contributed by atoms with Gasteiger partial charge in [-0.25, -0.2) is 0 Å². The van der Waals surface area contributed by atoms with Crippen molar-refractivity contribution in [3.8, 4) is 0 Å². The summed E-state index contributed by atoms with van der Waals surface area (Å²) in [6, 6.07) is 15.9. The molecule has 0 N–H and O–H groups in total. The topological polar surface area (TPSA) is 20.3 Å². The first-order valence-electron chi connectivity index (χ1n) is 6.82. The molecule has 0 atom stereocenters. The van der Waals surface area contributed by atoms with Gasteiger partial charge in [-0.2, -0.15) is 0 Å². The molecule has 0 fully saturated rings. The van der Waals surface area contributed by atoms with Gasteiger partial charge in [0.25, 0.3) is 5.91 Å². The lowest BCUT2D eigenvalue weighted by Crippen LogP contribution is -2.28. The Morgan fingerprint density at radius 2 is 1.86 bits per heavy atom. The average molecular weight is 314 g/mol. The van der Waals surface area contributed by atoms with E-state index in [2.05, 4.69) is 6.07 Å². The summed E-state index contributed by atoms with van der Waals surface area (Å²) < 4.78 is 1.05. The Morgan fingerprint density at radius 1 is 1.10 bits per heavy atom. The van der Waals surface area contributed by atoms with E-state index in [1.807, 2.05) is 47.4 Å². The maximum absolute atomic E-state index is 12.9. The van der Waals surface area contributed by atoms with Gasteiger partial charge in [0, 0.05) is 22.3 Å². The number of nitrogens with zero attached hydrogens (tertiary/aromatic N) is 1. The van der Waals surface area contributed by atoms with Crippen molar-refractivity contribution in [2.24, 2.45) is 0 Å². The second kappa shape index (κ2) is 4.86. The number of anilines is 1. The molecule has 3 aromatic rings. The van der Waals surface area contributed by atoms with Crippen LogP contribution in [0.15, 0.2) is 48.5 Å². The Morgan fingerprint density at radius 3 is 2.71 bits per heavy atom. The lowest BCUT2D eigenvalue weighted by molar-refractivity contribution is 0.0993. The van der Waals surface area contributed by atoms with Gasteiger partial charge in [0.2, 0.25) is 0 Å². The minimum absolute atomic E-state index is 0.00569. The first-order valence-corrected chi connectivity index (χ1v) is 8.02. The highest BCUT2D eigenvalue weighted by atomic mass is 35.5. The second-order valence-electron chi connectivity index (χ2n) is 5.08. The van der Waals surface area contributed by atoms with Gasteiger partial charge in [-0.15, -0.1) is 11.3 Å². The summed E-state index contributed by atoms with van der Waals surface area (Å²) in [5.74, 6) is 0.00569. The minimum atomic E-state index is 0.00569. The Hall–Kier alpha value is -1.84. The van der Waals surface area contributed by atoms with Crippen LogP contribution in [0.25, 0.3) is 10.1 Å². The van der Waals surface area contributed by atoms with Crippen molar-refractivity contribution in [3.05, 3.63) is 64.0 Å². The molecule has 0 unspecified atom stereocenters. The smallest absolute Gasteiger partial charge is 0.269 e. The first kappa shape index (κ1) is 12.9. The van der Waals surface area contributed by atoms with Crippen LogP contribution >= 0.6 is 22.9 Å². The predicted molar refractivity (Wildman–Crippen MR) is 88.7 cm³/mol. The molecule has 104 valence electrons. The van der Waals surface area contributed by atoms with Crippen LogP contribution in [0, 0.1) is 0 Å². The summed E-state index contributed by atoms with van der Waals surface area (Å²) in [5.41, 5.74) is 2.24. The third-order valence-electron chi connectivity index (χ3n) is 3.86. The first-order chi connectivity index (χ1) is 10.3. The van der Waals surface area contributed by atoms with Gasteiger partial charge < -0.3 is 4.90 Å². The summed E-state index contributed by atoms with van der Waals surface area (Å²) >= 11 is 7.89. The van der Waals surface area contributed by atoms with Gasteiger partial charge in [0.05, 0.1) is 5.02 Å². The molecule has 0 bridgehead atoms. The van der Waals surface area contributed by atoms with Gasteiger partial charge in [-0.1, -0.05) is 48.0 Å². The fourth-order valence-corrected chi connectivity index (χ4v) is 4.28. The van der Waals surface area contributed by atoms with E-state index in [9.17, 15) is 4.79 Å². The molecule has 2 nitrogen and oxygen atoms in total. The van der Waals surface area contributed by atoms with Gasteiger partial charge in [0.1, 0.15) is 4.88 Å². The number of thiophene rings is 1. The van der Waals surface area contributed by atoms with Crippen LogP contribution in [0.1, 0.15) is 15.2 Å². The Bertz CT molecular complexity index is 855. The Kier molecular flexibility index (Phi) is 2.98. The summed E-state index contributed by atoms with van der Waals surface area (Å²) in [6.45, 7) is 0.725. The fourth-order valence-electron chi connectivity index (χ4n) is 2.82. The highest BCUT2D eigenvalue weighted by molar-refractivity contribution is 7.21. The summed E-state index contributed by atoms with van der Waals surface area (Å²) in [5, 5.41) is 1.53. The third kappa shape index (κ3) is 1.96. The largest absolute Gasteiger partial charge is 0.307 e. The molecule has 2 aromatic carbocycles. The zero-order valence-corrected chi connectivity index (χ0v) is 12.7. The van der Waals surface area contributed by atoms with E-state index >= 15 is 0 Å². The number of fused-ring (bicyclic) bond motifs is 2. The Labute approximate surface area is 131 Å². The van der Waals surface area contributed by atoms with Crippen molar-refractivity contribution >= 4 is 44.6 Å². The number of carbonyl (C=O) groups excluding carboxylic acids is 1. The van der Waals surface area contributed by atoms with Crippen molar-refractivity contribution in [2.45, 2.75) is 6.42 Å². The second-order valence-corrected chi connectivity index (χ2v) is 6.51. The van der Waals surface area contributed by atoms with Crippen LogP contribution in [-0.4, -0.2) is 12.5 Å². The summed E-state index contributed by atoms with van der Waals surface area (Å²) in [7, 11) is 0. The van der Waals surface area contributed by atoms with E-state index in [-0.39, 0.29) is 5.91 Å². The molecule has 1 amide bonds. The molecule has 0 aliphatic carbocycles. The maximum atomic E-state index is 12.9. The van der Waals surface area contributed by atoms with Gasteiger partial charge in [0.15, 0.2) is 0 Å². The monoisotopic (exact) mass is 313 g/mol. The lowest BCUT2D eigenvalue weighted by atomic mass is 10.2. The lowest BCUT2D eigenvalue weighted by Gasteiger charge is -2.16. The molecule has 1 aliphatic rings. The van der Waals surface area contributed by atoms with Crippen molar-refractivity contribution < 1.29 is 4.79 Å². The Balaban J connectivity index is 1.80. The van der Waals surface area contributed by atoms with Gasteiger partial charge in [-0.05, 0) is 24.1 Å². The molecule has 1 aromatic heterocycles. The van der Waals surface area contributed by atoms with Crippen LogP contribution in [0.3, 0.4) is 0 Å². The molecule has 0 saturated carbocycles. The highest BCUT2D eigenvalue weighted by Crippen LogP contribution is 2.38. The molecule has 4 rings (SSSR count). The highest BCUT2D eigenvalue weighted by Gasteiger charge is 2.28. The maximum Gasteiger partial charge on any atom is 0.269 e. The molecule has 2 heterocycles. The van der Waals surface area contributed by atoms with Crippen molar-refractivity contribution in [1.82, 2.24) is 0 Å². The van der Waals surface area contributed by atoms with E-state index in [4.69, 9.17) is 11.6 Å². The molecule has 0 spiro atoms. The number of benzene rings is 2. The molecule has 0 radical (unpaired) electrons. The molecule has 21 heavy (non-hydrogen) atoms. The van der Waals surface area contributed by atoms with Gasteiger partial charge in [-0.3, -0.25) is 4.79 Å². The fraction of sp³-hybridized carbons (Fsp3) is 0.118. The molecular formula is C17H12ClNOS. The molecular weight excluding hydrogens is 302 g/mol. The molecule has 0 saturated heterocycles. The molecule has 4 heteroatoms. The summed E-state index contributed by atoms with van der Waals surface area (Å²) in [4.78, 5) is 15.3. The van der Waals surface area contributed by atoms with E-state index in [1.54, 1.807) is 0 Å². The van der Waals surface area contributed by atoms with Crippen LogP contribution in [0.2, 0.25) is 5.02 Å².